The highest BCUT2D eigenvalue weighted by Crippen LogP contribution is 2.39. The van der Waals surface area contributed by atoms with Gasteiger partial charge >= 0.3 is 12.1 Å². The lowest BCUT2D eigenvalue weighted by molar-refractivity contribution is -0.143. The summed E-state index contributed by atoms with van der Waals surface area (Å²) in [5.41, 5.74) is 0.538. The van der Waals surface area contributed by atoms with E-state index in [1.165, 1.54) is 13.2 Å². The van der Waals surface area contributed by atoms with Crippen LogP contribution >= 0.6 is 0 Å². The number of likely N-dealkylation sites (tertiary alicyclic amines) is 1. The van der Waals surface area contributed by atoms with Gasteiger partial charge in [0.05, 0.1) is 31.2 Å². The summed E-state index contributed by atoms with van der Waals surface area (Å²) >= 11 is 0. The highest BCUT2D eigenvalue weighted by atomic mass is 19.4. The van der Waals surface area contributed by atoms with E-state index in [1.54, 1.807) is 18.2 Å². The van der Waals surface area contributed by atoms with Crippen molar-refractivity contribution in [1.82, 2.24) is 4.90 Å². The van der Waals surface area contributed by atoms with Gasteiger partial charge in [-0.2, -0.15) is 13.2 Å². The average molecular weight is 437 g/mol. The Morgan fingerprint density at radius 3 is 2.39 bits per heavy atom. The predicted molar refractivity (Wildman–Crippen MR) is 109 cm³/mol. The van der Waals surface area contributed by atoms with Crippen LogP contribution in [0.25, 0.3) is 0 Å². The first-order valence-electron chi connectivity index (χ1n) is 10.2. The highest BCUT2D eigenvalue weighted by Gasteiger charge is 2.34. The van der Waals surface area contributed by atoms with Crippen molar-refractivity contribution in [3.63, 3.8) is 0 Å². The van der Waals surface area contributed by atoms with E-state index in [0.717, 1.165) is 17.7 Å². The minimum absolute atomic E-state index is 0.437. The van der Waals surface area contributed by atoms with Gasteiger partial charge in [-0.15, -0.1) is 0 Å². The lowest BCUT2D eigenvalue weighted by Crippen LogP contribution is -2.39. The van der Waals surface area contributed by atoms with Crippen molar-refractivity contribution in [2.24, 2.45) is 5.92 Å². The molecule has 1 aliphatic rings. The van der Waals surface area contributed by atoms with E-state index in [9.17, 15) is 23.1 Å². The van der Waals surface area contributed by atoms with Crippen LogP contribution in [0.3, 0.4) is 0 Å². The molecule has 3 rings (SSSR count). The number of ether oxygens (including phenoxy) is 2. The molecule has 1 unspecified atom stereocenters. The van der Waals surface area contributed by atoms with Crippen LogP contribution in [-0.2, 0) is 11.0 Å². The predicted octanol–water partition coefficient (Wildman–Crippen LogP) is 5.00. The summed E-state index contributed by atoms with van der Waals surface area (Å²) in [6.45, 7) is 3.24. The van der Waals surface area contributed by atoms with Crippen LogP contribution in [-0.4, -0.2) is 42.8 Å². The third kappa shape index (κ3) is 5.31. The number of carboxylic acids is 1. The summed E-state index contributed by atoms with van der Waals surface area (Å²) < 4.78 is 51.1. The summed E-state index contributed by atoms with van der Waals surface area (Å²) in [5.74, 6) is -0.218. The molecule has 1 N–H and O–H groups in total. The highest BCUT2D eigenvalue weighted by molar-refractivity contribution is 5.70. The van der Waals surface area contributed by atoms with Gasteiger partial charge in [0.25, 0.3) is 0 Å². The number of aliphatic carboxylic acids is 1. The van der Waals surface area contributed by atoms with Gasteiger partial charge in [-0.25, -0.2) is 0 Å². The van der Waals surface area contributed by atoms with Crippen LogP contribution in [0.5, 0.6) is 11.5 Å². The summed E-state index contributed by atoms with van der Waals surface area (Å²) in [7, 11) is 1.51. The molecule has 2 aromatic carbocycles. The molecule has 0 spiro atoms. The van der Waals surface area contributed by atoms with Gasteiger partial charge in [0, 0.05) is 0 Å². The van der Waals surface area contributed by atoms with E-state index in [0.29, 0.717) is 49.6 Å². The standard InChI is InChI=1S/C23H26F3NO4/c1-3-31-19-8-7-17(14-20(19)30-2)21(27-11-9-15(10-12-27)22(28)29)16-5-4-6-18(13-16)23(24,25)26/h4-8,13-15,21H,3,9-12H2,1-2H3,(H,28,29). The van der Waals surface area contributed by atoms with Crippen LogP contribution in [0.1, 0.15) is 42.5 Å². The molecule has 0 saturated carbocycles. The van der Waals surface area contributed by atoms with Gasteiger partial charge in [-0.05, 0) is 68.2 Å². The Bertz CT molecular complexity index is 908. The van der Waals surface area contributed by atoms with Crippen molar-refractivity contribution in [2.45, 2.75) is 32.0 Å². The van der Waals surface area contributed by atoms with Gasteiger partial charge in [0.2, 0.25) is 0 Å². The van der Waals surface area contributed by atoms with Gasteiger partial charge in [-0.1, -0.05) is 18.2 Å². The van der Waals surface area contributed by atoms with Gasteiger partial charge < -0.3 is 14.6 Å². The van der Waals surface area contributed by atoms with Crippen LogP contribution in [0, 0.1) is 5.92 Å². The molecular weight excluding hydrogens is 411 g/mol. The fourth-order valence-electron chi connectivity index (χ4n) is 4.03. The fourth-order valence-corrected chi connectivity index (χ4v) is 4.03. The molecule has 8 heteroatoms. The number of piperidine rings is 1. The summed E-state index contributed by atoms with van der Waals surface area (Å²) in [6.07, 6.45) is -3.56. The molecule has 5 nitrogen and oxygen atoms in total. The maximum atomic E-state index is 13.4. The molecule has 2 aromatic rings. The first-order chi connectivity index (χ1) is 14.7. The second-order valence-corrected chi connectivity index (χ2v) is 7.52. The molecule has 168 valence electrons. The van der Waals surface area contributed by atoms with Crippen LogP contribution in [0.15, 0.2) is 42.5 Å². The third-order valence-corrected chi connectivity index (χ3v) is 5.58. The molecule has 31 heavy (non-hydrogen) atoms. The minimum Gasteiger partial charge on any atom is -0.493 e. The number of carboxylic acid groups (broad SMARTS) is 1. The van der Waals surface area contributed by atoms with E-state index >= 15 is 0 Å². The smallest absolute Gasteiger partial charge is 0.416 e. The van der Waals surface area contributed by atoms with Gasteiger partial charge in [0.15, 0.2) is 11.5 Å². The fraction of sp³-hybridized carbons (Fsp3) is 0.435. The Morgan fingerprint density at radius 1 is 1.13 bits per heavy atom. The number of methoxy groups -OCH3 is 1. The molecule has 1 saturated heterocycles. The second kappa shape index (κ2) is 9.60. The number of nitrogens with zero attached hydrogens (tertiary/aromatic N) is 1. The number of halogens is 3. The maximum Gasteiger partial charge on any atom is 0.416 e. The average Bonchev–Trinajstić information content (AvgIpc) is 2.75. The molecule has 1 heterocycles. The SMILES string of the molecule is CCOc1ccc(C(c2cccc(C(F)(F)F)c2)N2CCC(C(=O)O)CC2)cc1OC. The summed E-state index contributed by atoms with van der Waals surface area (Å²) in [6, 6.07) is 10.2. The number of hydrogen-bond acceptors (Lipinski definition) is 4. The van der Waals surface area contributed by atoms with Crippen LogP contribution in [0.2, 0.25) is 0 Å². The lowest BCUT2D eigenvalue weighted by atomic mass is 9.90. The summed E-state index contributed by atoms with van der Waals surface area (Å²) in [4.78, 5) is 13.4. The van der Waals surface area contributed by atoms with Crippen molar-refractivity contribution >= 4 is 5.97 Å². The molecule has 1 fully saturated rings. The van der Waals surface area contributed by atoms with Crippen molar-refractivity contribution in [1.29, 1.82) is 0 Å². The normalized spacial score (nSPS) is 16.7. The zero-order valence-corrected chi connectivity index (χ0v) is 17.5. The first kappa shape index (κ1) is 22.9. The number of carbonyl (C=O) groups is 1. The van der Waals surface area contributed by atoms with E-state index in [2.05, 4.69) is 0 Å². The number of alkyl halides is 3. The molecule has 0 aromatic heterocycles. The number of rotatable bonds is 7. The van der Waals surface area contributed by atoms with Gasteiger partial charge in [0.1, 0.15) is 0 Å². The molecule has 0 bridgehead atoms. The molecular formula is C23H26F3NO4. The Morgan fingerprint density at radius 2 is 1.81 bits per heavy atom. The first-order valence-corrected chi connectivity index (χ1v) is 10.2. The zero-order chi connectivity index (χ0) is 22.6. The Kier molecular flexibility index (Phi) is 7.10. The van der Waals surface area contributed by atoms with Crippen LogP contribution < -0.4 is 9.47 Å². The maximum absolute atomic E-state index is 13.4. The van der Waals surface area contributed by atoms with Crippen molar-refractivity contribution in [3.8, 4) is 11.5 Å². The van der Waals surface area contributed by atoms with E-state index < -0.39 is 29.7 Å². The van der Waals surface area contributed by atoms with E-state index in [4.69, 9.17) is 9.47 Å². The van der Waals surface area contributed by atoms with Crippen LogP contribution in [0.4, 0.5) is 13.2 Å². The summed E-state index contributed by atoms with van der Waals surface area (Å²) in [5, 5.41) is 9.30. The lowest BCUT2D eigenvalue weighted by Gasteiger charge is -2.37. The number of benzene rings is 2. The quantitative estimate of drug-likeness (QED) is 0.661. The molecule has 0 aliphatic carbocycles. The molecule has 0 radical (unpaired) electrons. The third-order valence-electron chi connectivity index (χ3n) is 5.58. The minimum atomic E-state index is -4.45. The van der Waals surface area contributed by atoms with Crippen molar-refractivity contribution in [2.75, 3.05) is 26.8 Å². The van der Waals surface area contributed by atoms with E-state index in [-0.39, 0.29) is 0 Å². The molecule has 1 atom stereocenters. The second-order valence-electron chi connectivity index (χ2n) is 7.52. The molecule has 1 aliphatic heterocycles. The Labute approximate surface area is 179 Å². The monoisotopic (exact) mass is 437 g/mol. The van der Waals surface area contributed by atoms with Crippen molar-refractivity contribution < 1.29 is 32.5 Å². The topological polar surface area (TPSA) is 59.0 Å². The number of hydrogen-bond donors (Lipinski definition) is 1. The Balaban J connectivity index is 2.03. The van der Waals surface area contributed by atoms with E-state index in [1.807, 2.05) is 17.9 Å². The molecule has 0 amide bonds. The Hall–Kier alpha value is -2.74. The van der Waals surface area contributed by atoms with Gasteiger partial charge in [-0.3, -0.25) is 9.69 Å². The largest absolute Gasteiger partial charge is 0.493 e. The van der Waals surface area contributed by atoms with Crippen molar-refractivity contribution in [3.05, 3.63) is 59.2 Å². The zero-order valence-electron chi connectivity index (χ0n) is 17.5.